The van der Waals surface area contributed by atoms with Crippen LogP contribution < -0.4 is 5.50 Å². The monoisotopic (exact) mass is 193 g/mol. The fraction of sp³-hybridized carbons (Fsp3) is 1.00. The number of nitrogens with two attached hydrogens (primary N) is 1. The predicted molar refractivity (Wildman–Crippen MR) is 46.5 cm³/mol. The van der Waals surface area contributed by atoms with E-state index in [0.29, 0.717) is 12.5 Å². The molecule has 5 heteroatoms. The van der Waals surface area contributed by atoms with E-state index in [1.165, 1.54) is 19.3 Å². The van der Waals surface area contributed by atoms with Gasteiger partial charge in [0.1, 0.15) is 0 Å². The molecule has 0 aliphatic heterocycles. The Morgan fingerprint density at radius 3 is 2.50 bits per heavy atom. The number of rotatable bonds is 3. The van der Waals surface area contributed by atoms with Gasteiger partial charge in [-0.25, -0.2) is 10.1 Å². The maximum atomic E-state index is 10.6. The molecule has 1 atom stereocenters. The fourth-order valence-electron chi connectivity index (χ4n) is 1.57. The van der Waals surface area contributed by atoms with Crippen molar-refractivity contribution in [3.05, 3.63) is 0 Å². The molecule has 0 amide bonds. The molecule has 1 rings (SSSR count). The normalized spacial score (nSPS) is 25.2. The van der Waals surface area contributed by atoms with Crippen molar-refractivity contribution in [2.75, 3.05) is 6.61 Å². The summed E-state index contributed by atoms with van der Waals surface area (Å²) in [6.45, 7) is 0.338. The Balaban J connectivity index is 2.17. The molecule has 0 aromatic heterocycles. The third-order valence-corrected chi connectivity index (χ3v) is 2.74. The summed E-state index contributed by atoms with van der Waals surface area (Å²) in [6.07, 6.45) is 5.87. The molecule has 12 heavy (non-hydrogen) atoms. The van der Waals surface area contributed by atoms with Crippen molar-refractivity contribution in [1.29, 1.82) is 0 Å². The van der Waals surface area contributed by atoms with Crippen molar-refractivity contribution in [3.63, 3.8) is 0 Å². The van der Waals surface area contributed by atoms with Gasteiger partial charge in [0.15, 0.2) is 0 Å². The van der Waals surface area contributed by atoms with Crippen molar-refractivity contribution in [1.82, 2.24) is 0 Å². The highest BCUT2D eigenvalue weighted by molar-refractivity contribution is 7.50. The van der Waals surface area contributed by atoms with E-state index < -0.39 is 7.75 Å². The molecular weight excluding hydrogens is 177 g/mol. The van der Waals surface area contributed by atoms with Crippen molar-refractivity contribution in [2.24, 2.45) is 11.4 Å². The van der Waals surface area contributed by atoms with Crippen LogP contribution in [0, 0.1) is 5.92 Å². The van der Waals surface area contributed by atoms with E-state index in [2.05, 4.69) is 4.52 Å². The average molecular weight is 193 g/mol. The summed E-state index contributed by atoms with van der Waals surface area (Å²) in [5.74, 6) is 0.433. The van der Waals surface area contributed by atoms with Gasteiger partial charge in [-0.2, -0.15) is 0 Å². The van der Waals surface area contributed by atoms with Gasteiger partial charge in [-0.1, -0.05) is 19.3 Å². The fourth-order valence-corrected chi connectivity index (χ4v) is 1.99. The van der Waals surface area contributed by atoms with Gasteiger partial charge in [0.2, 0.25) is 0 Å². The Morgan fingerprint density at radius 1 is 1.42 bits per heavy atom. The molecule has 1 unspecified atom stereocenters. The maximum Gasteiger partial charge on any atom is 0.400 e. The van der Waals surface area contributed by atoms with Crippen LogP contribution in [0.4, 0.5) is 0 Å². The average Bonchev–Trinajstić information content (AvgIpc) is 2.02. The highest BCUT2D eigenvalue weighted by Gasteiger charge is 2.18. The first kappa shape index (κ1) is 10.2. The van der Waals surface area contributed by atoms with Crippen LogP contribution in [0.3, 0.4) is 0 Å². The van der Waals surface area contributed by atoms with E-state index in [4.69, 9.17) is 10.4 Å². The smallest absolute Gasteiger partial charge is 0.313 e. The van der Waals surface area contributed by atoms with Gasteiger partial charge in [-0.05, 0) is 18.8 Å². The molecule has 1 aliphatic carbocycles. The molecule has 3 N–H and O–H groups in total. The van der Waals surface area contributed by atoms with Crippen LogP contribution in [0.25, 0.3) is 0 Å². The first-order chi connectivity index (χ1) is 5.58. The van der Waals surface area contributed by atoms with E-state index in [0.717, 1.165) is 12.8 Å². The van der Waals surface area contributed by atoms with Crippen LogP contribution in [0.5, 0.6) is 0 Å². The summed E-state index contributed by atoms with van der Waals surface area (Å²) in [7, 11) is -3.73. The zero-order valence-electron chi connectivity index (χ0n) is 7.11. The summed E-state index contributed by atoms with van der Waals surface area (Å²) in [5.41, 5.74) is 4.84. The molecule has 0 heterocycles. The van der Waals surface area contributed by atoms with E-state index in [9.17, 15) is 4.57 Å². The van der Waals surface area contributed by atoms with E-state index in [1.807, 2.05) is 0 Å². The largest absolute Gasteiger partial charge is 0.400 e. The standard InChI is InChI=1S/C7H16NO3P/c8-12(9,10)11-6-7-4-2-1-3-5-7/h7H,1-6H2,(H3,8,9,10). The van der Waals surface area contributed by atoms with E-state index in [1.54, 1.807) is 0 Å². The second-order valence-electron chi connectivity index (χ2n) is 3.36. The van der Waals surface area contributed by atoms with Crippen LogP contribution in [0.15, 0.2) is 0 Å². The quantitative estimate of drug-likeness (QED) is 0.668. The zero-order chi connectivity index (χ0) is 9.03. The Morgan fingerprint density at radius 2 is 2.00 bits per heavy atom. The van der Waals surface area contributed by atoms with Gasteiger partial charge in [0.05, 0.1) is 6.61 Å². The molecule has 72 valence electrons. The first-order valence-electron chi connectivity index (χ1n) is 4.34. The highest BCUT2D eigenvalue weighted by Crippen LogP contribution is 2.34. The highest BCUT2D eigenvalue weighted by atomic mass is 31.2. The molecule has 0 bridgehead atoms. The van der Waals surface area contributed by atoms with Gasteiger partial charge < -0.3 is 4.89 Å². The SMILES string of the molecule is NP(=O)(O)OCC1CCCCC1. The predicted octanol–water partition coefficient (Wildman–Crippen LogP) is 1.64. The lowest BCUT2D eigenvalue weighted by Crippen LogP contribution is -2.13. The minimum Gasteiger partial charge on any atom is -0.313 e. The molecular formula is C7H16NO3P. The van der Waals surface area contributed by atoms with Crippen LogP contribution in [-0.4, -0.2) is 11.5 Å². The summed E-state index contributed by atoms with van der Waals surface area (Å²) in [4.78, 5) is 8.66. The van der Waals surface area contributed by atoms with Crippen molar-refractivity contribution in [3.8, 4) is 0 Å². The second-order valence-corrected chi connectivity index (χ2v) is 4.75. The lowest BCUT2D eigenvalue weighted by Gasteiger charge is -2.21. The summed E-state index contributed by atoms with van der Waals surface area (Å²) in [5, 5.41) is 0. The van der Waals surface area contributed by atoms with Crippen LogP contribution >= 0.6 is 7.75 Å². The number of hydrogen-bond donors (Lipinski definition) is 2. The van der Waals surface area contributed by atoms with Gasteiger partial charge in [0.25, 0.3) is 0 Å². The molecule has 0 spiro atoms. The third kappa shape index (κ3) is 4.21. The van der Waals surface area contributed by atoms with Crippen LogP contribution in [0.2, 0.25) is 0 Å². The van der Waals surface area contributed by atoms with E-state index >= 15 is 0 Å². The summed E-state index contributed by atoms with van der Waals surface area (Å²) < 4.78 is 15.2. The van der Waals surface area contributed by atoms with Gasteiger partial charge in [-0.3, -0.25) is 4.52 Å². The maximum absolute atomic E-state index is 10.6. The van der Waals surface area contributed by atoms with Gasteiger partial charge >= 0.3 is 7.75 Å². The van der Waals surface area contributed by atoms with Crippen LogP contribution in [-0.2, 0) is 9.09 Å². The number of hydrogen-bond acceptors (Lipinski definition) is 2. The molecule has 0 aromatic rings. The van der Waals surface area contributed by atoms with Crippen molar-refractivity contribution in [2.45, 2.75) is 32.1 Å². The van der Waals surface area contributed by atoms with Gasteiger partial charge in [-0.15, -0.1) is 0 Å². The Hall–Kier alpha value is 0.110. The minimum absolute atomic E-state index is 0.338. The summed E-state index contributed by atoms with van der Waals surface area (Å²) in [6, 6.07) is 0. The Labute approximate surface area is 72.7 Å². The Kier molecular flexibility index (Phi) is 3.72. The van der Waals surface area contributed by atoms with E-state index in [-0.39, 0.29) is 0 Å². The van der Waals surface area contributed by atoms with Crippen LogP contribution in [0.1, 0.15) is 32.1 Å². The minimum atomic E-state index is -3.73. The molecule has 4 nitrogen and oxygen atoms in total. The van der Waals surface area contributed by atoms with Crippen molar-refractivity contribution < 1.29 is 14.0 Å². The summed E-state index contributed by atoms with van der Waals surface area (Å²) >= 11 is 0. The topological polar surface area (TPSA) is 72.6 Å². The molecule has 0 saturated heterocycles. The Bertz CT molecular complexity index is 173. The lowest BCUT2D eigenvalue weighted by atomic mass is 9.90. The lowest BCUT2D eigenvalue weighted by molar-refractivity contribution is 0.186. The molecule has 1 saturated carbocycles. The third-order valence-electron chi connectivity index (χ3n) is 2.22. The first-order valence-corrected chi connectivity index (χ1v) is 5.98. The molecule has 1 fully saturated rings. The molecule has 0 radical (unpaired) electrons. The zero-order valence-corrected chi connectivity index (χ0v) is 8.00. The molecule has 1 aliphatic rings. The molecule has 0 aromatic carbocycles. The van der Waals surface area contributed by atoms with Crippen molar-refractivity contribution >= 4 is 7.75 Å². The van der Waals surface area contributed by atoms with Gasteiger partial charge in [0, 0.05) is 0 Å². The second kappa shape index (κ2) is 4.38.